The number of hydrogen-bond donors (Lipinski definition) is 3. The maximum absolute atomic E-state index is 11.7. The lowest BCUT2D eigenvalue weighted by atomic mass is 10.1. The molecule has 0 unspecified atom stereocenters. The molecule has 1 aromatic rings. The van der Waals surface area contributed by atoms with Crippen molar-refractivity contribution >= 4 is 5.91 Å². The van der Waals surface area contributed by atoms with Gasteiger partial charge in [-0.3, -0.25) is 4.79 Å². The van der Waals surface area contributed by atoms with E-state index in [0.717, 1.165) is 5.56 Å². The molecule has 88 valence electrons. The van der Waals surface area contributed by atoms with Gasteiger partial charge in [0.1, 0.15) is 6.04 Å². The Morgan fingerprint density at radius 1 is 1.44 bits per heavy atom. The number of aliphatic hydroxyl groups is 1. The molecular formula is C12H18N2O2. The van der Waals surface area contributed by atoms with Crippen LogP contribution in [0, 0.1) is 0 Å². The molecule has 4 N–H and O–H groups in total. The Hall–Kier alpha value is -1.39. The first-order valence-electron chi connectivity index (χ1n) is 5.40. The average molecular weight is 222 g/mol. The van der Waals surface area contributed by atoms with Crippen molar-refractivity contribution in [1.82, 2.24) is 5.32 Å². The zero-order chi connectivity index (χ0) is 12.0. The van der Waals surface area contributed by atoms with Crippen molar-refractivity contribution in [3.05, 3.63) is 35.9 Å². The lowest BCUT2D eigenvalue weighted by Crippen LogP contribution is -2.42. The quantitative estimate of drug-likeness (QED) is 0.682. The van der Waals surface area contributed by atoms with Crippen molar-refractivity contribution in [3.63, 3.8) is 0 Å². The summed E-state index contributed by atoms with van der Waals surface area (Å²) in [5.74, 6) is -0.257. The molecule has 0 spiro atoms. The molecule has 0 saturated heterocycles. The molecule has 0 aliphatic carbocycles. The molecule has 0 bridgehead atoms. The first-order chi connectivity index (χ1) is 7.69. The summed E-state index contributed by atoms with van der Waals surface area (Å²) in [6.07, 6.45) is 0.684. The Morgan fingerprint density at radius 2 is 2.06 bits per heavy atom. The van der Waals surface area contributed by atoms with Gasteiger partial charge in [-0.05, 0) is 12.0 Å². The summed E-state index contributed by atoms with van der Waals surface area (Å²) < 4.78 is 0. The van der Waals surface area contributed by atoms with Gasteiger partial charge in [-0.25, -0.2) is 0 Å². The molecule has 0 radical (unpaired) electrons. The summed E-state index contributed by atoms with van der Waals surface area (Å²) in [6, 6.07) is 8.27. The van der Waals surface area contributed by atoms with Crippen LogP contribution in [-0.2, 0) is 4.79 Å². The lowest BCUT2D eigenvalue weighted by Gasteiger charge is -2.17. The third kappa shape index (κ3) is 3.32. The number of aliphatic hydroxyl groups excluding tert-OH is 1. The molecule has 1 amide bonds. The standard InChI is InChI=1S/C12H18N2O2/c1-2-10(8-15)14-12(16)11(13)9-6-4-3-5-7-9/h3-7,10-11,15H,2,8,13H2,1H3,(H,14,16)/t10-,11-/m1/s1. The minimum Gasteiger partial charge on any atom is -0.394 e. The van der Waals surface area contributed by atoms with E-state index in [1.54, 1.807) is 0 Å². The number of carbonyl (C=O) groups excluding carboxylic acids is 1. The van der Waals surface area contributed by atoms with Gasteiger partial charge in [0.25, 0.3) is 0 Å². The van der Waals surface area contributed by atoms with Crippen LogP contribution in [0.25, 0.3) is 0 Å². The topological polar surface area (TPSA) is 75.3 Å². The Morgan fingerprint density at radius 3 is 2.56 bits per heavy atom. The average Bonchev–Trinajstić information content (AvgIpc) is 2.35. The fourth-order valence-corrected chi connectivity index (χ4v) is 1.38. The highest BCUT2D eigenvalue weighted by molar-refractivity contribution is 5.83. The van der Waals surface area contributed by atoms with Crippen LogP contribution in [0.15, 0.2) is 30.3 Å². The van der Waals surface area contributed by atoms with Crippen molar-refractivity contribution in [2.45, 2.75) is 25.4 Å². The van der Waals surface area contributed by atoms with Crippen LogP contribution in [0.3, 0.4) is 0 Å². The van der Waals surface area contributed by atoms with E-state index >= 15 is 0 Å². The molecule has 0 fully saturated rings. The first-order valence-corrected chi connectivity index (χ1v) is 5.40. The normalized spacial score (nSPS) is 14.2. The van der Waals surface area contributed by atoms with Gasteiger partial charge in [0.05, 0.1) is 12.6 Å². The summed E-state index contributed by atoms with van der Waals surface area (Å²) in [5, 5.41) is 11.7. The number of carbonyl (C=O) groups is 1. The van der Waals surface area contributed by atoms with Crippen molar-refractivity contribution in [1.29, 1.82) is 0 Å². The monoisotopic (exact) mass is 222 g/mol. The van der Waals surface area contributed by atoms with Crippen LogP contribution < -0.4 is 11.1 Å². The Bertz CT molecular complexity index is 323. The molecule has 0 aromatic heterocycles. The van der Waals surface area contributed by atoms with Gasteiger partial charge in [0, 0.05) is 0 Å². The van der Waals surface area contributed by atoms with E-state index < -0.39 is 6.04 Å². The van der Waals surface area contributed by atoms with Gasteiger partial charge in [-0.1, -0.05) is 37.3 Å². The van der Waals surface area contributed by atoms with Crippen LogP contribution in [0.2, 0.25) is 0 Å². The van der Waals surface area contributed by atoms with Gasteiger partial charge in [0.15, 0.2) is 0 Å². The molecule has 0 saturated carbocycles. The summed E-state index contributed by atoms with van der Waals surface area (Å²) >= 11 is 0. The van der Waals surface area contributed by atoms with Crippen LogP contribution in [0.4, 0.5) is 0 Å². The summed E-state index contributed by atoms with van der Waals surface area (Å²) in [6.45, 7) is 1.83. The number of nitrogens with one attached hydrogen (secondary N) is 1. The first kappa shape index (κ1) is 12.7. The van der Waals surface area contributed by atoms with E-state index in [-0.39, 0.29) is 18.6 Å². The van der Waals surface area contributed by atoms with Crippen molar-refractivity contribution in [3.8, 4) is 0 Å². The highest BCUT2D eigenvalue weighted by atomic mass is 16.3. The SMILES string of the molecule is CC[C@H](CO)NC(=O)[C@H](N)c1ccccc1. The molecule has 4 nitrogen and oxygen atoms in total. The molecule has 16 heavy (non-hydrogen) atoms. The second-order valence-corrected chi connectivity index (χ2v) is 3.68. The molecule has 4 heteroatoms. The highest BCUT2D eigenvalue weighted by Gasteiger charge is 2.17. The fourth-order valence-electron chi connectivity index (χ4n) is 1.38. The predicted octanol–water partition coefficient (Wildman–Crippen LogP) is 0.573. The van der Waals surface area contributed by atoms with E-state index in [9.17, 15) is 4.79 Å². The molecule has 2 atom stereocenters. The largest absolute Gasteiger partial charge is 0.394 e. The highest BCUT2D eigenvalue weighted by Crippen LogP contribution is 2.09. The van der Waals surface area contributed by atoms with Crippen LogP contribution in [-0.4, -0.2) is 23.7 Å². The maximum atomic E-state index is 11.7. The van der Waals surface area contributed by atoms with Crippen molar-refractivity contribution < 1.29 is 9.90 Å². The summed E-state index contributed by atoms with van der Waals surface area (Å²) in [5.41, 5.74) is 6.57. The molecule has 0 aliphatic rings. The minimum absolute atomic E-state index is 0.0657. The second kappa shape index (κ2) is 6.25. The number of rotatable bonds is 5. The molecular weight excluding hydrogens is 204 g/mol. The Kier molecular flexibility index (Phi) is 4.95. The van der Waals surface area contributed by atoms with Crippen molar-refractivity contribution in [2.75, 3.05) is 6.61 Å². The molecule has 0 aliphatic heterocycles. The van der Waals surface area contributed by atoms with Crippen LogP contribution in [0.5, 0.6) is 0 Å². The zero-order valence-corrected chi connectivity index (χ0v) is 9.39. The third-order valence-corrected chi connectivity index (χ3v) is 2.50. The lowest BCUT2D eigenvalue weighted by molar-refractivity contribution is -0.123. The number of hydrogen-bond acceptors (Lipinski definition) is 3. The smallest absolute Gasteiger partial charge is 0.241 e. The van der Waals surface area contributed by atoms with Gasteiger partial charge >= 0.3 is 0 Å². The Balaban J connectivity index is 2.61. The number of amides is 1. The molecule has 1 aromatic carbocycles. The third-order valence-electron chi connectivity index (χ3n) is 2.50. The fraction of sp³-hybridized carbons (Fsp3) is 0.417. The Labute approximate surface area is 95.5 Å². The minimum atomic E-state index is -0.679. The summed E-state index contributed by atoms with van der Waals surface area (Å²) in [7, 11) is 0. The number of benzene rings is 1. The summed E-state index contributed by atoms with van der Waals surface area (Å²) in [4.78, 5) is 11.7. The van der Waals surface area contributed by atoms with Crippen LogP contribution >= 0.6 is 0 Å². The van der Waals surface area contributed by atoms with E-state index in [0.29, 0.717) is 6.42 Å². The van der Waals surface area contributed by atoms with Gasteiger partial charge in [-0.15, -0.1) is 0 Å². The van der Waals surface area contributed by atoms with E-state index in [4.69, 9.17) is 10.8 Å². The van der Waals surface area contributed by atoms with Crippen molar-refractivity contribution in [2.24, 2.45) is 5.73 Å². The van der Waals surface area contributed by atoms with E-state index in [1.807, 2.05) is 37.3 Å². The molecule has 0 heterocycles. The van der Waals surface area contributed by atoms with Gasteiger partial charge < -0.3 is 16.2 Å². The number of nitrogens with two attached hydrogens (primary N) is 1. The maximum Gasteiger partial charge on any atom is 0.241 e. The second-order valence-electron chi connectivity index (χ2n) is 3.68. The predicted molar refractivity (Wildman–Crippen MR) is 62.7 cm³/mol. The van der Waals surface area contributed by atoms with Crippen LogP contribution in [0.1, 0.15) is 24.9 Å². The molecule has 1 rings (SSSR count). The van der Waals surface area contributed by atoms with E-state index in [1.165, 1.54) is 0 Å². The van der Waals surface area contributed by atoms with E-state index in [2.05, 4.69) is 5.32 Å². The van der Waals surface area contributed by atoms with Gasteiger partial charge in [0.2, 0.25) is 5.91 Å². The zero-order valence-electron chi connectivity index (χ0n) is 9.39. The van der Waals surface area contributed by atoms with Gasteiger partial charge in [-0.2, -0.15) is 0 Å².